The van der Waals surface area contributed by atoms with Gasteiger partial charge in [-0.05, 0) is 6.07 Å². The van der Waals surface area contributed by atoms with Gasteiger partial charge in [-0.15, -0.1) is 0 Å². The Kier molecular flexibility index (Phi) is 4.27. The van der Waals surface area contributed by atoms with Gasteiger partial charge < -0.3 is 10.6 Å². The summed E-state index contributed by atoms with van der Waals surface area (Å²) in [4.78, 5) is 31.7. The van der Waals surface area contributed by atoms with Crippen LogP contribution >= 0.6 is 0 Å². The largest absolute Gasteiger partial charge is 0.385 e. The maximum atomic E-state index is 12.3. The van der Waals surface area contributed by atoms with E-state index in [0.29, 0.717) is 11.5 Å². The number of carbonyl (C=O) groups excluding carboxylic acids is 1. The predicted molar refractivity (Wildman–Crippen MR) is 78.5 cm³/mol. The van der Waals surface area contributed by atoms with Crippen LogP contribution in [0.1, 0.15) is 36.1 Å². The minimum Gasteiger partial charge on any atom is -0.385 e. The lowest BCUT2D eigenvalue weighted by Crippen LogP contribution is -2.19. The van der Waals surface area contributed by atoms with Gasteiger partial charge in [0.1, 0.15) is 5.82 Å². The third-order valence-corrected chi connectivity index (χ3v) is 2.73. The van der Waals surface area contributed by atoms with Gasteiger partial charge in [0.2, 0.25) is 0 Å². The molecule has 0 saturated carbocycles. The number of H-pyrrole nitrogens is 1. The zero-order chi connectivity index (χ0) is 15.4. The summed E-state index contributed by atoms with van der Waals surface area (Å²) in [6.45, 7) is 3.89. The number of hydrogen-bond acceptors (Lipinski definition) is 6. The molecule has 2 heterocycles. The number of carbonyl (C=O) groups is 1. The molecule has 0 spiro atoms. The Balaban J connectivity index is 2.30. The Morgan fingerprint density at radius 2 is 2.10 bits per heavy atom. The topological polar surface area (TPSA) is 113 Å². The molecular formula is C13H16N6O2. The smallest absolute Gasteiger partial charge is 0.277 e. The summed E-state index contributed by atoms with van der Waals surface area (Å²) in [6.07, 6.45) is 1.57. The van der Waals surface area contributed by atoms with Crippen LogP contribution in [-0.4, -0.2) is 33.1 Å². The number of hydrogen-bond donors (Lipinski definition) is 3. The van der Waals surface area contributed by atoms with E-state index < -0.39 is 5.91 Å². The molecule has 8 heteroatoms. The lowest BCUT2D eigenvalue weighted by Gasteiger charge is -2.11. The van der Waals surface area contributed by atoms with Crippen molar-refractivity contribution >= 4 is 17.4 Å². The highest BCUT2D eigenvalue weighted by molar-refractivity contribution is 6.05. The Labute approximate surface area is 121 Å². The highest BCUT2D eigenvalue weighted by Crippen LogP contribution is 2.16. The quantitative estimate of drug-likeness (QED) is 0.773. The zero-order valence-electron chi connectivity index (χ0n) is 12.0. The fraction of sp³-hybridized carbons (Fsp3) is 0.308. The molecule has 0 aliphatic rings. The molecule has 1 amide bonds. The fourth-order valence-electron chi connectivity index (χ4n) is 1.62. The summed E-state index contributed by atoms with van der Waals surface area (Å²) in [7, 11) is 1.68. The minimum atomic E-state index is -0.428. The number of nitrogens with one attached hydrogen (secondary N) is 3. The maximum Gasteiger partial charge on any atom is 0.277 e. The molecule has 0 aliphatic heterocycles. The van der Waals surface area contributed by atoms with E-state index in [1.54, 1.807) is 13.2 Å². The molecule has 2 rings (SSSR count). The van der Waals surface area contributed by atoms with E-state index in [0.717, 1.165) is 0 Å². The fourth-order valence-corrected chi connectivity index (χ4v) is 1.62. The van der Waals surface area contributed by atoms with Gasteiger partial charge in [0.05, 0.1) is 11.9 Å². The molecular weight excluding hydrogens is 272 g/mol. The Morgan fingerprint density at radius 1 is 1.33 bits per heavy atom. The molecule has 0 saturated heterocycles. The molecule has 3 N–H and O–H groups in total. The van der Waals surface area contributed by atoms with Crippen LogP contribution in [0.4, 0.5) is 11.5 Å². The summed E-state index contributed by atoms with van der Waals surface area (Å²) in [6, 6.07) is 2.70. The van der Waals surface area contributed by atoms with Crippen LogP contribution in [0.25, 0.3) is 0 Å². The van der Waals surface area contributed by atoms with E-state index in [2.05, 4.69) is 30.8 Å². The molecule has 0 fully saturated rings. The van der Waals surface area contributed by atoms with Gasteiger partial charge >= 0.3 is 0 Å². The van der Waals surface area contributed by atoms with Crippen molar-refractivity contribution in [2.24, 2.45) is 0 Å². The minimum absolute atomic E-state index is 0.105. The number of aromatic amines is 1. The van der Waals surface area contributed by atoms with Crippen LogP contribution in [0.2, 0.25) is 0 Å². The first kappa shape index (κ1) is 14.6. The van der Waals surface area contributed by atoms with Crippen LogP contribution in [0.5, 0.6) is 0 Å². The maximum absolute atomic E-state index is 12.3. The summed E-state index contributed by atoms with van der Waals surface area (Å²) >= 11 is 0. The SMILES string of the molecule is CNc1cnc(C(C)C)nc1C(=O)Nc1ccc(=O)[nH]n1. The third-order valence-electron chi connectivity index (χ3n) is 2.73. The molecule has 21 heavy (non-hydrogen) atoms. The molecule has 0 atom stereocenters. The molecule has 2 aromatic heterocycles. The Morgan fingerprint density at radius 3 is 2.67 bits per heavy atom. The van der Waals surface area contributed by atoms with Crippen molar-refractivity contribution in [3.8, 4) is 0 Å². The average molecular weight is 288 g/mol. The van der Waals surface area contributed by atoms with Crippen LogP contribution < -0.4 is 16.2 Å². The number of nitrogens with zero attached hydrogens (tertiary/aromatic N) is 3. The normalized spacial score (nSPS) is 10.5. The Hall–Kier alpha value is -2.77. The summed E-state index contributed by atoms with van der Waals surface area (Å²) in [5.74, 6) is 0.497. The number of rotatable bonds is 4. The van der Waals surface area contributed by atoms with Crippen molar-refractivity contribution in [3.05, 3.63) is 40.2 Å². The standard InChI is InChI=1S/C13H16N6O2/c1-7(2)12-15-6-8(14-3)11(17-12)13(21)16-9-4-5-10(20)19-18-9/h4-7,14H,1-3H3,(H,19,20)(H,16,18,21). The van der Waals surface area contributed by atoms with E-state index in [-0.39, 0.29) is 23.0 Å². The molecule has 0 bridgehead atoms. The zero-order valence-corrected chi connectivity index (χ0v) is 12.0. The first-order valence-electron chi connectivity index (χ1n) is 6.43. The van der Waals surface area contributed by atoms with Gasteiger partial charge in [0, 0.05) is 19.0 Å². The number of amides is 1. The van der Waals surface area contributed by atoms with Gasteiger partial charge in [-0.3, -0.25) is 9.59 Å². The van der Waals surface area contributed by atoms with E-state index in [4.69, 9.17) is 0 Å². The second kappa shape index (κ2) is 6.12. The first-order chi connectivity index (χ1) is 10.0. The van der Waals surface area contributed by atoms with Crippen LogP contribution in [0.3, 0.4) is 0 Å². The van der Waals surface area contributed by atoms with E-state index in [9.17, 15) is 9.59 Å². The van der Waals surface area contributed by atoms with Crippen molar-refractivity contribution in [2.45, 2.75) is 19.8 Å². The van der Waals surface area contributed by atoms with Crippen LogP contribution in [0, 0.1) is 0 Å². The third kappa shape index (κ3) is 3.41. The first-order valence-corrected chi connectivity index (χ1v) is 6.43. The highest BCUT2D eigenvalue weighted by atomic mass is 16.2. The monoisotopic (exact) mass is 288 g/mol. The van der Waals surface area contributed by atoms with E-state index in [1.807, 2.05) is 13.8 Å². The van der Waals surface area contributed by atoms with E-state index in [1.165, 1.54) is 12.1 Å². The van der Waals surface area contributed by atoms with Crippen LogP contribution in [0.15, 0.2) is 23.1 Å². The number of anilines is 2. The Bertz CT molecular complexity index is 690. The molecule has 110 valence electrons. The average Bonchev–Trinajstić information content (AvgIpc) is 2.48. The highest BCUT2D eigenvalue weighted by Gasteiger charge is 2.16. The summed E-state index contributed by atoms with van der Waals surface area (Å²) < 4.78 is 0. The van der Waals surface area contributed by atoms with Crippen LogP contribution in [-0.2, 0) is 0 Å². The van der Waals surface area contributed by atoms with Crippen molar-refractivity contribution in [1.29, 1.82) is 0 Å². The van der Waals surface area contributed by atoms with Crippen molar-refractivity contribution in [2.75, 3.05) is 17.7 Å². The second-order valence-corrected chi connectivity index (χ2v) is 4.66. The summed E-state index contributed by atoms with van der Waals surface area (Å²) in [5.41, 5.74) is 0.401. The van der Waals surface area contributed by atoms with Gasteiger partial charge in [0.25, 0.3) is 11.5 Å². The van der Waals surface area contributed by atoms with E-state index >= 15 is 0 Å². The summed E-state index contributed by atoms with van der Waals surface area (Å²) in [5, 5.41) is 11.4. The van der Waals surface area contributed by atoms with Crippen molar-refractivity contribution in [1.82, 2.24) is 20.2 Å². The van der Waals surface area contributed by atoms with Gasteiger partial charge in [-0.25, -0.2) is 15.1 Å². The van der Waals surface area contributed by atoms with Crippen molar-refractivity contribution in [3.63, 3.8) is 0 Å². The lowest BCUT2D eigenvalue weighted by atomic mass is 10.2. The molecule has 8 nitrogen and oxygen atoms in total. The molecule has 0 unspecified atom stereocenters. The molecule has 0 aliphatic carbocycles. The molecule has 0 aromatic carbocycles. The molecule has 0 radical (unpaired) electrons. The molecule has 2 aromatic rings. The predicted octanol–water partition coefficient (Wildman–Crippen LogP) is 0.977. The number of aromatic nitrogens is 4. The van der Waals surface area contributed by atoms with Gasteiger partial charge in [0.15, 0.2) is 11.5 Å². The second-order valence-electron chi connectivity index (χ2n) is 4.66. The van der Waals surface area contributed by atoms with Gasteiger partial charge in [-0.1, -0.05) is 13.8 Å². The lowest BCUT2D eigenvalue weighted by molar-refractivity contribution is 0.102. The van der Waals surface area contributed by atoms with Gasteiger partial charge in [-0.2, -0.15) is 5.10 Å². The van der Waals surface area contributed by atoms with Crippen molar-refractivity contribution < 1.29 is 4.79 Å².